The first-order chi connectivity index (χ1) is 15.8. The highest BCUT2D eigenvalue weighted by Gasteiger charge is 2.28. The summed E-state index contributed by atoms with van der Waals surface area (Å²) in [4.78, 5) is 40.0. The molecule has 0 radical (unpaired) electrons. The van der Waals surface area contributed by atoms with Crippen LogP contribution in [0.25, 0.3) is 0 Å². The number of benzene rings is 1. The SMILES string of the molecule is CCOC(=O)c1c(NC(=O)CN(C)C2CCC(c3ccccc3)CC2)sc(C(=O)NC)c1C. The standard InChI is InChI=1S/C25H33N3O4S/c1-5-32-25(31)21-16(2)22(23(30)26-3)33-24(21)27-20(29)15-28(4)19-13-11-18(12-14-19)17-9-7-6-8-10-17/h6-10,18-19H,5,11-15H2,1-4H3,(H,26,30)(H,27,29). The third kappa shape index (κ3) is 6.00. The van der Waals surface area contributed by atoms with Crippen molar-refractivity contribution in [2.24, 2.45) is 0 Å². The molecule has 0 unspecified atom stereocenters. The van der Waals surface area contributed by atoms with Gasteiger partial charge in [-0.05, 0) is 63.6 Å². The number of amides is 2. The number of nitrogens with one attached hydrogen (secondary N) is 2. The van der Waals surface area contributed by atoms with Gasteiger partial charge in [0.05, 0.1) is 23.6 Å². The van der Waals surface area contributed by atoms with Crippen molar-refractivity contribution in [1.82, 2.24) is 10.2 Å². The third-order valence-electron chi connectivity index (χ3n) is 6.30. The van der Waals surface area contributed by atoms with Crippen LogP contribution in [0.3, 0.4) is 0 Å². The topological polar surface area (TPSA) is 87.7 Å². The average Bonchev–Trinajstić information content (AvgIpc) is 3.14. The molecule has 1 fully saturated rings. The maximum atomic E-state index is 12.8. The third-order valence-corrected chi connectivity index (χ3v) is 7.50. The molecular weight excluding hydrogens is 438 g/mol. The smallest absolute Gasteiger partial charge is 0.341 e. The molecule has 7 nitrogen and oxygen atoms in total. The fourth-order valence-electron chi connectivity index (χ4n) is 4.48. The second-order valence-corrected chi connectivity index (χ2v) is 9.46. The molecule has 3 rings (SSSR count). The molecule has 1 aromatic carbocycles. The first-order valence-electron chi connectivity index (χ1n) is 11.4. The number of anilines is 1. The van der Waals surface area contributed by atoms with Crippen LogP contribution >= 0.6 is 11.3 Å². The Hall–Kier alpha value is -2.71. The predicted molar refractivity (Wildman–Crippen MR) is 131 cm³/mol. The van der Waals surface area contributed by atoms with Gasteiger partial charge < -0.3 is 15.4 Å². The number of rotatable bonds is 8. The quantitative estimate of drug-likeness (QED) is 0.564. The number of esters is 1. The number of ether oxygens (including phenoxy) is 1. The van der Waals surface area contributed by atoms with Crippen LogP contribution in [0, 0.1) is 6.92 Å². The molecule has 178 valence electrons. The van der Waals surface area contributed by atoms with Crippen LogP contribution in [-0.4, -0.2) is 56.0 Å². The van der Waals surface area contributed by atoms with Crippen molar-refractivity contribution in [3.05, 3.63) is 51.9 Å². The molecule has 1 saturated carbocycles. The molecule has 0 spiro atoms. The van der Waals surface area contributed by atoms with E-state index < -0.39 is 5.97 Å². The van der Waals surface area contributed by atoms with Gasteiger partial charge >= 0.3 is 5.97 Å². The molecule has 1 aliphatic rings. The molecule has 8 heteroatoms. The predicted octanol–water partition coefficient (Wildman–Crippen LogP) is 4.19. The van der Waals surface area contributed by atoms with Gasteiger partial charge in [0.2, 0.25) is 5.91 Å². The maximum absolute atomic E-state index is 12.8. The fraction of sp³-hybridized carbons (Fsp3) is 0.480. The Labute approximate surface area is 199 Å². The van der Waals surface area contributed by atoms with Crippen LogP contribution in [0.1, 0.15) is 69.7 Å². The van der Waals surface area contributed by atoms with Crippen LogP contribution in [-0.2, 0) is 9.53 Å². The Morgan fingerprint density at radius 1 is 1.12 bits per heavy atom. The van der Waals surface area contributed by atoms with Crippen LogP contribution < -0.4 is 10.6 Å². The fourth-order valence-corrected chi connectivity index (χ4v) is 5.64. The van der Waals surface area contributed by atoms with Gasteiger partial charge in [0.1, 0.15) is 5.00 Å². The summed E-state index contributed by atoms with van der Waals surface area (Å²) in [7, 11) is 3.50. The molecule has 1 heterocycles. The Bertz CT molecular complexity index is 981. The zero-order valence-corrected chi connectivity index (χ0v) is 20.6. The highest BCUT2D eigenvalue weighted by atomic mass is 32.1. The lowest BCUT2D eigenvalue weighted by molar-refractivity contribution is -0.117. The van der Waals surface area contributed by atoms with Crippen LogP contribution in [0.2, 0.25) is 0 Å². The number of hydrogen-bond donors (Lipinski definition) is 2. The van der Waals surface area contributed by atoms with E-state index in [1.807, 2.05) is 13.1 Å². The number of carbonyl (C=O) groups is 3. The minimum absolute atomic E-state index is 0.210. The summed E-state index contributed by atoms with van der Waals surface area (Å²) in [5.74, 6) is -0.466. The summed E-state index contributed by atoms with van der Waals surface area (Å²) >= 11 is 1.10. The van der Waals surface area contributed by atoms with Crippen molar-refractivity contribution >= 4 is 34.1 Å². The molecule has 2 N–H and O–H groups in total. The van der Waals surface area contributed by atoms with Crippen molar-refractivity contribution in [1.29, 1.82) is 0 Å². The lowest BCUT2D eigenvalue weighted by Crippen LogP contribution is -2.39. The molecule has 0 atom stereocenters. The number of likely N-dealkylation sites (N-methyl/N-ethyl adjacent to an activating group) is 1. The summed E-state index contributed by atoms with van der Waals surface area (Å²) < 4.78 is 5.15. The summed E-state index contributed by atoms with van der Waals surface area (Å²) in [5, 5.41) is 5.78. The Kier molecular flexibility index (Phi) is 8.63. The summed E-state index contributed by atoms with van der Waals surface area (Å²) in [6.07, 6.45) is 4.28. The van der Waals surface area contributed by atoms with Gasteiger partial charge in [-0.1, -0.05) is 30.3 Å². The second kappa shape index (κ2) is 11.4. The normalized spacial score (nSPS) is 18.1. The number of nitrogens with zero attached hydrogens (tertiary/aromatic N) is 1. The van der Waals surface area contributed by atoms with Crippen molar-refractivity contribution in [2.45, 2.75) is 51.5 Å². The lowest BCUT2D eigenvalue weighted by Gasteiger charge is -2.34. The minimum Gasteiger partial charge on any atom is -0.462 e. The van der Waals surface area contributed by atoms with E-state index in [1.54, 1.807) is 13.8 Å². The number of hydrogen-bond acceptors (Lipinski definition) is 6. The molecular formula is C25H33N3O4S. The average molecular weight is 472 g/mol. The van der Waals surface area contributed by atoms with E-state index in [2.05, 4.69) is 39.8 Å². The Morgan fingerprint density at radius 2 is 1.79 bits per heavy atom. The van der Waals surface area contributed by atoms with E-state index in [0.717, 1.165) is 37.0 Å². The van der Waals surface area contributed by atoms with E-state index in [1.165, 1.54) is 12.6 Å². The van der Waals surface area contributed by atoms with Gasteiger partial charge in [-0.15, -0.1) is 11.3 Å². The van der Waals surface area contributed by atoms with Crippen molar-refractivity contribution in [2.75, 3.05) is 32.6 Å². The van der Waals surface area contributed by atoms with Gasteiger partial charge in [0, 0.05) is 13.1 Å². The molecule has 1 aromatic heterocycles. The first kappa shape index (κ1) is 24.9. The number of thiophene rings is 1. The van der Waals surface area contributed by atoms with Crippen LogP contribution in [0.5, 0.6) is 0 Å². The highest BCUT2D eigenvalue weighted by Crippen LogP contribution is 2.35. The molecule has 2 aromatic rings. The minimum atomic E-state index is -0.538. The lowest BCUT2D eigenvalue weighted by atomic mass is 9.81. The van der Waals surface area contributed by atoms with Crippen LogP contribution in [0.4, 0.5) is 5.00 Å². The number of carbonyl (C=O) groups excluding carboxylic acids is 3. The van der Waals surface area contributed by atoms with E-state index >= 15 is 0 Å². The maximum Gasteiger partial charge on any atom is 0.341 e. The van der Waals surface area contributed by atoms with Gasteiger partial charge in [0.15, 0.2) is 0 Å². The Morgan fingerprint density at radius 3 is 2.39 bits per heavy atom. The molecule has 33 heavy (non-hydrogen) atoms. The zero-order chi connectivity index (χ0) is 24.0. The van der Waals surface area contributed by atoms with Crippen LogP contribution in [0.15, 0.2) is 30.3 Å². The monoisotopic (exact) mass is 471 g/mol. The van der Waals surface area contributed by atoms with Crippen molar-refractivity contribution in [3.8, 4) is 0 Å². The van der Waals surface area contributed by atoms with E-state index in [4.69, 9.17) is 4.74 Å². The first-order valence-corrected chi connectivity index (χ1v) is 12.2. The molecule has 0 saturated heterocycles. The zero-order valence-electron chi connectivity index (χ0n) is 19.8. The van der Waals surface area contributed by atoms with Gasteiger partial charge in [-0.3, -0.25) is 14.5 Å². The highest BCUT2D eigenvalue weighted by molar-refractivity contribution is 7.18. The molecule has 1 aliphatic carbocycles. The van der Waals surface area contributed by atoms with E-state index in [9.17, 15) is 14.4 Å². The largest absolute Gasteiger partial charge is 0.462 e. The summed E-state index contributed by atoms with van der Waals surface area (Å²) in [5.41, 5.74) is 2.16. The van der Waals surface area contributed by atoms with Gasteiger partial charge in [0.25, 0.3) is 5.91 Å². The summed E-state index contributed by atoms with van der Waals surface area (Å²) in [6.45, 7) is 3.85. The van der Waals surface area contributed by atoms with Gasteiger partial charge in [-0.2, -0.15) is 0 Å². The molecule has 0 bridgehead atoms. The van der Waals surface area contributed by atoms with Crippen molar-refractivity contribution in [3.63, 3.8) is 0 Å². The van der Waals surface area contributed by atoms with Crippen molar-refractivity contribution < 1.29 is 19.1 Å². The van der Waals surface area contributed by atoms with Gasteiger partial charge in [-0.25, -0.2) is 4.79 Å². The summed E-state index contributed by atoms with van der Waals surface area (Å²) in [6, 6.07) is 10.9. The Balaban J connectivity index is 1.63. The molecule has 0 aliphatic heterocycles. The second-order valence-electron chi connectivity index (χ2n) is 8.44. The molecule has 2 amide bonds. The van der Waals surface area contributed by atoms with E-state index in [-0.39, 0.29) is 30.5 Å². The van der Waals surface area contributed by atoms with E-state index in [0.29, 0.717) is 27.4 Å².